The molecule has 0 unspecified atom stereocenters. The molecule has 0 fully saturated rings. The average Bonchev–Trinajstić information content (AvgIpc) is 2.72. The van der Waals surface area contributed by atoms with Crippen molar-refractivity contribution in [2.45, 2.75) is 6.61 Å². The molecule has 0 N–H and O–H groups in total. The highest BCUT2D eigenvalue weighted by Gasteiger charge is 2.14. The van der Waals surface area contributed by atoms with Gasteiger partial charge in [0, 0.05) is 37.5 Å². The third-order valence-corrected chi connectivity index (χ3v) is 3.22. The van der Waals surface area contributed by atoms with Crippen molar-refractivity contribution in [1.82, 2.24) is 15.0 Å². The third-order valence-electron chi connectivity index (χ3n) is 3.22. The lowest BCUT2D eigenvalue weighted by molar-refractivity contribution is 0.133. The maximum Gasteiger partial charge on any atom is 0.113 e. The highest BCUT2D eigenvalue weighted by Crippen LogP contribution is 2.27. The Kier molecular flexibility index (Phi) is 2.76. The van der Waals surface area contributed by atoms with Crippen LogP contribution in [0.3, 0.4) is 0 Å². The number of nitrogens with zero attached hydrogens (tertiary/aromatic N) is 4. The van der Waals surface area contributed by atoms with Gasteiger partial charge in [0.05, 0.1) is 19.4 Å². The fourth-order valence-electron chi connectivity index (χ4n) is 2.22. The van der Waals surface area contributed by atoms with Gasteiger partial charge in [-0.25, -0.2) is 0 Å². The summed E-state index contributed by atoms with van der Waals surface area (Å²) in [5, 5.41) is 8.10. The SMILES string of the molecule is CN1CCOCc2cc(-c3cn(C)nn3)ccc21. The summed E-state index contributed by atoms with van der Waals surface area (Å²) in [7, 11) is 3.96. The lowest BCUT2D eigenvalue weighted by Crippen LogP contribution is -2.20. The maximum absolute atomic E-state index is 5.60. The molecule has 5 heteroatoms. The van der Waals surface area contributed by atoms with Crippen molar-refractivity contribution in [2.75, 3.05) is 25.1 Å². The van der Waals surface area contributed by atoms with Gasteiger partial charge in [0.2, 0.25) is 0 Å². The number of ether oxygens (including phenoxy) is 1. The van der Waals surface area contributed by atoms with Crippen molar-refractivity contribution >= 4 is 5.69 Å². The van der Waals surface area contributed by atoms with Crippen LogP contribution in [0, 0.1) is 0 Å². The van der Waals surface area contributed by atoms with Crippen LogP contribution in [-0.2, 0) is 18.4 Å². The number of benzene rings is 1. The van der Waals surface area contributed by atoms with Crippen LogP contribution in [0.2, 0.25) is 0 Å². The Bertz CT molecular complexity index is 564. The number of likely N-dealkylation sites (N-methyl/N-ethyl adjacent to an activating group) is 1. The largest absolute Gasteiger partial charge is 0.375 e. The summed E-state index contributed by atoms with van der Waals surface area (Å²) < 4.78 is 7.32. The quantitative estimate of drug-likeness (QED) is 0.761. The van der Waals surface area contributed by atoms with E-state index < -0.39 is 0 Å². The van der Waals surface area contributed by atoms with Crippen molar-refractivity contribution in [3.63, 3.8) is 0 Å². The van der Waals surface area contributed by atoms with Gasteiger partial charge in [-0.1, -0.05) is 11.3 Å². The van der Waals surface area contributed by atoms with Crippen LogP contribution in [0.15, 0.2) is 24.4 Å². The van der Waals surface area contributed by atoms with Crippen molar-refractivity contribution in [1.29, 1.82) is 0 Å². The molecule has 1 aromatic heterocycles. The van der Waals surface area contributed by atoms with E-state index in [1.165, 1.54) is 11.3 Å². The first-order valence-corrected chi connectivity index (χ1v) is 6.02. The molecule has 3 rings (SSSR count). The standard InChI is InChI=1S/C13H16N4O/c1-16-5-6-18-9-11-7-10(3-4-13(11)16)12-8-17(2)15-14-12/h3-4,7-8H,5-6,9H2,1-2H3. The van der Waals surface area contributed by atoms with Crippen molar-refractivity contribution in [3.05, 3.63) is 30.0 Å². The van der Waals surface area contributed by atoms with Crippen molar-refractivity contribution < 1.29 is 4.74 Å². The number of hydrogen-bond donors (Lipinski definition) is 0. The van der Waals surface area contributed by atoms with Crippen LogP contribution in [-0.4, -0.2) is 35.2 Å². The molecule has 0 atom stereocenters. The minimum absolute atomic E-state index is 0.660. The fourth-order valence-corrected chi connectivity index (χ4v) is 2.22. The predicted octanol–water partition coefficient (Wildman–Crippen LogP) is 1.45. The normalized spacial score (nSPS) is 15.3. The Morgan fingerprint density at radius 2 is 2.17 bits per heavy atom. The number of rotatable bonds is 1. The molecule has 2 heterocycles. The summed E-state index contributed by atoms with van der Waals surface area (Å²) >= 11 is 0. The molecule has 2 aromatic rings. The second kappa shape index (κ2) is 4.42. The molecule has 0 amide bonds. The molecule has 94 valence electrons. The van der Waals surface area contributed by atoms with Gasteiger partial charge >= 0.3 is 0 Å². The van der Waals surface area contributed by atoms with Crippen LogP contribution in [0.5, 0.6) is 0 Å². The number of hydrogen-bond acceptors (Lipinski definition) is 4. The van der Waals surface area contributed by atoms with Crippen molar-refractivity contribution in [3.8, 4) is 11.3 Å². The average molecular weight is 244 g/mol. The molecule has 0 saturated heterocycles. The monoisotopic (exact) mass is 244 g/mol. The van der Waals surface area contributed by atoms with E-state index >= 15 is 0 Å². The summed E-state index contributed by atoms with van der Waals surface area (Å²) in [4.78, 5) is 2.22. The van der Waals surface area contributed by atoms with Crippen molar-refractivity contribution in [2.24, 2.45) is 7.05 Å². The minimum atomic E-state index is 0.660. The van der Waals surface area contributed by atoms with Gasteiger partial charge in [0.15, 0.2) is 0 Å². The van der Waals surface area contributed by atoms with E-state index in [0.717, 1.165) is 24.4 Å². The van der Waals surface area contributed by atoms with Gasteiger partial charge in [-0.15, -0.1) is 5.10 Å². The van der Waals surface area contributed by atoms with E-state index in [-0.39, 0.29) is 0 Å². The smallest absolute Gasteiger partial charge is 0.113 e. The molecule has 0 bridgehead atoms. The first-order chi connectivity index (χ1) is 8.74. The topological polar surface area (TPSA) is 43.2 Å². The molecule has 1 aliphatic rings. The fraction of sp³-hybridized carbons (Fsp3) is 0.385. The molecule has 5 nitrogen and oxygen atoms in total. The summed E-state index contributed by atoms with van der Waals surface area (Å²) in [6.07, 6.45) is 1.92. The maximum atomic E-state index is 5.60. The zero-order valence-electron chi connectivity index (χ0n) is 10.6. The molecule has 0 radical (unpaired) electrons. The van der Waals surface area contributed by atoms with E-state index in [2.05, 4.69) is 40.5 Å². The molecule has 1 aliphatic heterocycles. The van der Waals surface area contributed by atoms with Gasteiger partial charge in [-0.05, 0) is 12.1 Å². The Morgan fingerprint density at radius 1 is 1.28 bits per heavy atom. The van der Waals surface area contributed by atoms with Gasteiger partial charge in [-0.2, -0.15) is 0 Å². The van der Waals surface area contributed by atoms with Crippen LogP contribution >= 0.6 is 0 Å². The van der Waals surface area contributed by atoms with Gasteiger partial charge < -0.3 is 9.64 Å². The lowest BCUT2D eigenvalue weighted by atomic mass is 10.1. The van der Waals surface area contributed by atoms with E-state index in [4.69, 9.17) is 4.74 Å². The van der Waals surface area contributed by atoms with E-state index in [0.29, 0.717) is 6.61 Å². The molecular weight excluding hydrogens is 228 g/mol. The zero-order chi connectivity index (χ0) is 12.5. The molecule has 0 aliphatic carbocycles. The molecule has 0 saturated carbocycles. The molecule has 0 spiro atoms. The number of fused-ring (bicyclic) bond motifs is 1. The molecule has 18 heavy (non-hydrogen) atoms. The lowest BCUT2D eigenvalue weighted by Gasteiger charge is -2.18. The summed E-state index contributed by atoms with van der Waals surface area (Å²) in [5.41, 5.74) is 4.42. The van der Waals surface area contributed by atoms with Crippen LogP contribution in [0.25, 0.3) is 11.3 Å². The number of aromatic nitrogens is 3. The van der Waals surface area contributed by atoms with Crippen LogP contribution < -0.4 is 4.90 Å². The van der Waals surface area contributed by atoms with Crippen LogP contribution in [0.4, 0.5) is 5.69 Å². The second-order valence-corrected chi connectivity index (χ2v) is 4.60. The Balaban J connectivity index is 2.02. The second-order valence-electron chi connectivity index (χ2n) is 4.60. The first kappa shape index (κ1) is 11.2. The van der Waals surface area contributed by atoms with Gasteiger partial charge in [0.1, 0.15) is 5.69 Å². The van der Waals surface area contributed by atoms with E-state index in [1.54, 1.807) is 4.68 Å². The Hall–Kier alpha value is -1.88. The van der Waals surface area contributed by atoms with Gasteiger partial charge in [-0.3, -0.25) is 4.68 Å². The summed E-state index contributed by atoms with van der Waals surface area (Å²) in [6.45, 7) is 2.36. The zero-order valence-corrected chi connectivity index (χ0v) is 10.6. The van der Waals surface area contributed by atoms with Gasteiger partial charge in [0.25, 0.3) is 0 Å². The highest BCUT2D eigenvalue weighted by molar-refractivity contribution is 5.66. The minimum Gasteiger partial charge on any atom is -0.375 e. The van der Waals surface area contributed by atoms with E-state index in [9.17, 15) is 0 Å². The first-order valence-electron chi connectivity index (χ1n) is 6.02. The number of aryl methyl sites for hydroxylation is 1. The number of anilines is 1. The van der Waals surface area contributed by atoms with E-state index in [1.807, 2.05) is 13.2 Å². The predicted molar refractivity (Wildman–Crippen MR) is 69.4 cm³/mol. The Labute approximate surface area is 106 Å². The summed E-state index contributed by atoms with van der Waals surface area (Å²) in [6, 6.07) is 6.36. The van der Waals surface area contributed by atoms with Crippen LogP contribution in [0.1, 0.15) is 5.56 Å². The molecular formula is C13H16N4O. The summed E-state index contributed by atoms with van der Waals surface area (Å²) in [5.74, 6) is 0. The molecule has 1 aromatic carbocycles. The highest BCUT2D eigenvalue weighted by atomic mass is 16.5. The Morgan fingerprint density at radius 3 is 2.94 bits per heavy atom. The third kappa shape index (κ3) is 1.97.